The number of hydrogen-bond acceptors (Lipinski definition) is 6. The zero-order valence-corrected chi connectivity index (χ0v) is 15.3. The first-order chi connectivity index (χ1) is 12.4. The minimum absolute atomic E-state index is 0.0638. The fourth-order valence-electron chi connectivity index (χ4n) is 1.91. The fourth-order valence-corrected chi connectivity index (χ4v) is 1.91. The summed E-state index contributed by atoms with van der Waals surface area (Å²) in [7, 11) is 3.00. The van der Waals surface area contributed by atoms with Crippen LogP contribution in [0.2, 0.25) is 0 Å². The molecule has 0 fully saturated rings. The number of carbonyl (C=O) groups is 3. The number of para-hydroxylation sites is 1. The summed E-state index contributed by atoms with van der Waals surface area (Å²) in [6.45, 7) is 3.15. The van der Waals surface area contributed by atoms with Crippen LogP contribution in [0.1, 0.15) is 25.8 Å². The van der Waals surface area contributed by atoms with E-state index in [0.717, 1.165) is 12.5 Å². The van der Waals surface area contributed by atoms with Crippen LogP contribution in [0.15, 0.2) is 24.3 Å². The lowest BCUT2D eigenvalue weighted by Crippen LogP contribution is -2.44. The van der Waals surface area contributed by atoms with Crippen LogP contribution >= 0.6 is 0 Å². The molecule has 3 amide bonds. The number of imide groups is 1. The molecule has 0 aromatic heterocycles. The van der Waals surface area contributed by atoms with Crippen molar-refractivity contribution < 1.29 is 28.6 Å². The number of hydrogen-bond donors (Lipinski definition) is 2. The Kier molecular flexibility index (Phi) is 8.69. The molecular weight excluding hydrogens is 340 g/mol. The molecule has 8 nitrogen and oxygen atoms in total. The number of benzene rings is 1. The monoisotopic (exact) mass is 364 g/mol. The second-order valence-electron chi connectivity index (χ2n) is 5.35. The van der Waals surface area contributed by atoms with Crippen LogP contribution in [0.4, 0.5) is 4.79 Å². The molecular formula is C18H24N2O6. The molecule has 0 aliphatic carbocycles. The predicted octanol–water partition coefficient (Wildman–Crippen LogP) is 1.88. The van der Waals surface area contributed by atoms with E-state index < -0.39 is 24.5 Å². The maximum absolute atomic E-state index is 11.7. The van der Waals surface area contributed by atoms with Gasteiger partial charge in [-0.05, 0) is 25.5 Å². The van der Waals surface area contributed by atoms with E-state index in [-0.39, 0.29) is 6.04 Å². The Morgan fingerprint density at radius 3 is 2.54 bits per heavy atom. The normalized spacial score (nSPS) is 11.5. The van der Waals surface area contributed by atoms with Gasteiger partial charge in [-0.25, -0.2) is 9.59 Å². The standard InChI is InChI=1S/C18H24N2O6/c1-5-12(2)19-18(23)20-15(21)11-26-16(22)10-9-13-7-6-8-14(24-3)17(13)25-4/h6-10,12H,5,11H2,1-4H3,(H2,19,20,21,23)/b10-9+/t12-/m0/s1. The number of amides is 3. The molecule has 1 aromatic carbocycles. The van der Waals surface area contributed by atoms with Crippen molar-refractivity contribution in [3.63, 3.8) is 0 Å². The Morgan fingerprint density at radius 1 is 1.19 bits per heavy atom. The van der Waals surface area contributed by atoms with Crippen molar-refractivity contribution in [2.45, 2.75) is 26.3 Å². The first-order valence-corrected chi connectivity index (χ1v) is 8.07. The van der Waals surface area contributed by atoms with Gasteiger partial charge in [0, 0.05) is 17.7 Å². The van der Waals surface area contributed by atoms with Crippen LogP contribution in [-0.4, -0.2) is 44.8 Å². The average molecular weight is 364 g/mol. The molecule has 0 saturated heterocycles. The quantitative estimate of drug-likeness (QED) is 0.539. The van der Waals surface area contributed by atoms with Gasteiger partial charge in [0.15, 0.2) is 18.1 Å². The van der Waals surface area contributed by atoms with Crippen LogP contribution in [0.25, 0.3) is 6.08 Å². The van der Waals surface area contributed by atoms with E-state index in [4.69, 9.17) is 14.2 Å². The summed E-state index contributed by atoms with van der Waals surface area (Å²) in [6.07, 6.45) is 3.37. The largest absolute Gasteiger partial charge is 0.493 e. The third-order valence-corrected chi connectivity index (χ3v) is 3.42. The van der Waals surface area contributed by atoms with Gasteiger partial charge in [0.05, 0.1) is 14.2 Å². The molecule has 1 atom stereocenters. The lowest BCUT2D eigenvalue weighted by molar-refractivity contribution is -0.143. The smallest absolute Gasteiger partial charge is 0.331 e. The van der Waals surface area contributed by atoms with Gasteiger partial charge in [-0.15, -0.1) is 0 Å². The molecule has 0 saturated carbocycles. The highest BCUT2D eigenvalue weighted by Gasteiger charge is 2.12. The van der Waals surface area contributed by atoms with Gasteiger partial charge >= 0.3 is 12.0 Å². The number of urea groups is 1. The van der Waals surface area contributed by atoms with Gasteiger partial charge in [0.25, 0.3) is 5.91 Å². The molecule has 1 aromatic rings. The Bertz CT molecular complexity index is 672. The molecule has 0 bridgehead atoms. The SMILES string of the molecule is CC[C@H](C)NC(=O)NC(=O)COC(=O)/C=C/c1cccc(OC)c1OC. The number of rotatable bonds is 8. The molecule has 0 aliphatic heterocycles. The summed E-state index contributed by atoms with van der Waals surface area (Å²) in [4.78, 5) is 34.8. The van der Waals surface area contributed by atoms with E-state index in [1.165, 1.54) is 20.3 Å². The molecule has 0 aliphatic rings. The van der Waals surface area contributed by atoms with Crippen molar-refractivity contribution in [2.75, 3.05) is 20.8 Å². The molecule has 2 N–H and O–H groups in total. The molecule has 26 heavy (non-hydrogen) atoms. The summed E-state index contributed by atoms with van der Waals surface area (Å²) in [5, 5.41) is 4.65. The second-order valence-corrected chi connectivity index (χ2v) is 5.35. The summed E-state index contributed by atoms with van der Waals surface area (Å²) in [5.74, 6) is -0.452. The average Bonchev–Trinajstić information content (AvgIpc) is 2.63. The van der Waals surface area contributed by atoms with Gasteiger partial charge in [0.2, 0.25) is 0 Å². The van der Waals surface area contributed by atoms with Crippen LogP contribution in [0.3, 0.4) is 0 Å². The minimum atomic E-state index is -0.729. The third-order valence-electron chi connectivity index (χ3n) is 3.42. The highest BCUT2D eigenvalue weighted by molar-refractivity contribution is 5.96. The summed E-state index contributed by atoms with van der Waals surface area (Å²) < 4.78 is 15.2. The predicted molar refractivity (Wildman–Crippen MR) is 96.0 cm³/mol. The van der Waals surface area contributed by atoms with Crippen molar-refractivity contribution in [1.29, 1.82) is 0 Å². The Hall–Kier alpha value is -3.03. The van der Waals surface area contributed by atoms with Gasteiger partial charge in [-0.3, -0.25) is 10.1 Å². The Labute approximate surface area is 152 Å². The molecule has 0 heterocycles. The van der Waals surface area contributed by atoms with Gasteiger partial charge in [0.1, 0.15) is 0 Å². The minimum Gasteiger partial charge on any atom is -0.493 e. The zero-order chi connectivity index (χ0) is 19.5. The highest BCUT2D eigenvalue weighted by atomic mass is 16.5. The third kappa shape index (κ3) is 6.84. The van der Waals surface area contributed by atoms with Gasteiger partial charge < -0.3 is 19.5 Å². The van der Waals surface area contributed by atoms with Gasteiger partial charge in [-0.2, -0.15) is 0 Å². The fraction of sp³-hybridized carbons (Fsp3) is 0.389. The van der Waals surface area contributed by atoms with E-state index in [0.29, 0.717) is 17.1 Å². The van der Waals surface area contributed by atoms with E-state index in [1.807, 2.05) is 13.8 Å². The van der Waals surface area contributed by atoms with Crippen molar-refractivity contribution in [3.05, 3.63) is 29.8 Å². The number of esters is 1. The van der Waals surface area contributed by atoms with E-state index in [9.17, 15) is 14.4 Å². The van der Waals surface area contributed by atoms with Crippen molar-refractivity contribution in [2.24, 2.45) is 0 Å². The van der Waals surface area contributed by atoms with E-state index in [1.54, 1.807) is 18.2 Å². The van der Waals surface area contributed by atoms with Gasteiger partial charge in [-0.1, -0.05) is 19.1 Å². The molecule has 142 valence electrons. The topological polar surface area (TPSA) is 103 Å². The first-order valence-electron chi connectivity index (χ1n) is 8.07. The van der Waals surface area contributed by atoms with Crippen LogP contribution < -0.4 is 20.1 Å². The molecule has 1 rings (SSSR count). The van der Waals surface area contributed by atoms with Crippen LogP contribution in [0, 0.1) is 0 Å². The first kappa shape index (κ1) is 21.0. The Morgan fingerprint density at radius 2 is 1.92 bits per heavy atom. The zero-order valence-electron chi connectivity index (χ0n) is 15.3. The van der Waals surface area contributed by atoms with E-state index in [2.05, 4.69) is 10.6 Å². The van der Waals surface area contributed by atoms with Crippen molar-refractivity contribution in [3.8, 4) is 11.5 Å². The maximum Gasteiger partial charge on any atom is 0.331 e. The lowest BCUT2D eigenvalue weighted by atomic mass is 10.1. The number of methoxy groups -OCH3 is 2. The highest BCUT2D eigenvalue weighted by Crippen LogP contribution is 2.31. The molecule has 0 spiro atoms. The maximum atomic E-state index is 11.7. The summed E-state index contributed by atoms with van der Waals surface area (Å²) >= 11 is 0. The van der Waals surface area contributed by atoms with E-state index >= 15 is 0 Å². The van der Waals surface area contributed by atoms with Crippen LogP contribution in [0.5, 0.6) is 11.5 Å². The summed E-state index contributed by atoms with van der Waals surface area (Å²) in [6, 6.07) is 4.51. The molecule has 8 heteroatoms. The number of carbonyl (C=O) groups excluding carboxylic acids is 3. The van der Waals surface area contributed by atoms with Crippen LogP contribution in [-0.2, 0) is 14.3 Å². The van der Waals surface area contributed by atoms with Crippen molar-refractivity contribution >= 4 is 24.0 Å². The Balaban J connectivity index is 2.53. The second kappa shape index (κ2) is 10.8. The summed E-state index contributed by atoms with van der Waals surface area (Å²) in [5.41, 5.74) is 0.612. The number of ether oxygens (including phenoxy) is 3. The van der Waals surface area contributed by atoms with Crippen molar-refractivity contribution in [1.82, 2.24) is 10.6 Å². The molecule has 0 radical (unpaired) electrons. The number of nitrogens with one attached hydrogen (secondary N) is 2. The molecule has 0 unspecified atom stereocenters. The lowest BCUT2D eigenvalue weighted by Gasteiger charge is -2.11.